The van der Waals surface area contributed by atoms with E-state index in [2.05, 4.69) is 4.98 Å². The molecule has 0 aromatic carbocycles. The standard InChI is InChI=1S/C12H13FN2O2/c13-10-3-1-2-9(14-10)11(16)15-6-12(17,7-15)8-4-5-8/h1-3,8,17H,4-7H2. The van der Waals surface area contributed by atoms with Gasteiger partial charge in [0.1, 0.15) is 11.3 Å². The van der Waals surface area contributed by atoms with E-state index in [-0.39, 0.29) is 11.6 Å². The van der Waals surface area contributed by atoms with Crippen LogP contribution in [0.4, 0.5) is 4.39 Å². The monoisotopic (exact) mass is 236 g/mol. The lowest BCUT2D eigenvalue weighted by Gasteiger charge is -2.46. The van der Waals surface area contributed by atoms with E-state index in [1.54, 1.807) is 0 Å². The molecule has 1 amide bonds. The first-order chi connectivity index (χ1) is 8.08. The summed E-state index contributed by atoms with van der Waals surface area (Å²) in [4.78, 5) is 17.0. The van der Waals surface area contributed by atoms with E-state index in [0.29, 0.717) is 19.0 Å². The number of amides is 1. The number of hydrogen-bond acceptors (Lipinski definition) is 3. The molecule has 5 heteroatoms. The highest BCUT2D eigenvalue weighted by molar-refractivity contribution is 5.93. The number of aliphatic hydroxyl groups is 1. The van der Waals surface area contributed by atoms with Gasteiger partial charge in [-0.1, -0.05) is 6.07 Å². The van der Waals surface area contributed by atoms with E-state index >= 15 is 0 Å². The van der Waals surface area contributed by atoms with Gasteiger partial charge in [0.2, 0.25) is 5.95 Å². The SMILES string of the molecule is O=C(c1cccc(F)n1)N1CC(O)(C2CC2)C1. The lowest BCUT2D eigenvalue weighted by Crippen LogP contribution is -2.64. The number of aromatic nitrogens is 1. The molecule has 0 bridgehead atoms. The number of rotatable bonds is 2. The summed E-state index contributed by atoms with van der Waals surface area (Å²) in [6.45, 7) is 0.684. The predicted octanol–water partition coefficient (Wildman–Crippen LogP) is 0.818. The van der Waals surface area contributed by atoms with Crippen molar-refractivity contribution in [3.05, 3.63) is 29.8 Å². The molecule has 1 N–H and O–H groups in total. The molecule has 1 saturated heterocycles. The Bertz CT molecular complexity index is 467. The van der Waals surface area contributed by atoms with Gasteiger partial charge in [0.05, 0.1) is 13.1 Å². The fourth-order valence-electron chi connectivity index (χ4n) is 2.33. The van der Waals surface area contributed by atoms with Crippen molar-refractivity contribution in [2.45, 2.75) is 18.4 Å². The van der Waals surface area contributed by atoms with Crippen LogP contribution in [0.1, 0.15) is 23.3 Å². The Balaban J connectivity index is 1.69. The average molecular weight is 236 g/mol. The van der Waals surface area contributed by atoms with Crippen molar-refractivity contribution in [3.8, 4) is 0 Å². The molecule has 1 aromatic rings. The van der Waals surface area contributed by atoms with E-state index in [9.17, 15) is 14.3 Å². The van der Waals surface area contributed by atoms with Gasteiger partial charge in [-0.25, -0.2) is 4.98 Å². The topological polar surface area (TPSA) is 53.4 Å². The van der Waals surface area contributed by atoms with Gasteiger partial charge in [-0.05, 0) is 30.9 Å². The second-order valence-electron chi connectivity index (χ2n) is 4.88. The van der Waals surface area contributed by atoms with Crippen LogP contribution in [0.2, 0.25) is 0 Å². The summed E-state index contributed by atoms with van der Waals surface area (Å²) < 4.78 is 12.9. The van der Waals surface area contributed by atoms with Gasteiger partial charge in [-0.3, -0.25) is 4.79 Å². The van der Waals surface area contributed by atoms with Crippen LogP contribution >= 0.6 is 0 Å². The van der Waals surface area contributed by atoms with Gasteiger partial charge < -0.3 is 10.0 Å². The molecule has 2 fully saturated rings. The second-order valence-corrected chi connectivity index (χ2v) is 4.88. The normalized spacial score (nSPS) is 22.1. The van der Waals surface area contributed by atoms with Crippen molar-refractivity contribution in [3.63, 3.8) is 0 Å². The van der Waals surface area contributed by atoms with Gasteiger partial charge in [0.25, 0.3) is 5.91 Å². The lowest BCUT2D eigenvalue weighted by molar-refractivity contribution is -0.0959. The van der Waals surface area contributed by atoms with Crippen molar-refractivity contribution in [1.82, 2.24) is 9.88 Å². The van der Waals surface area contributed by atoms with E-state index in [4.69, 9.17) is 0 Å². The third kappa shape index (κ3) is 1.80. The third-order valence-corrected chi connectivity index (χ3v) is 3.49. The smallest absolute Gasteiger partial charge is 0.272 e. The lowest BCUT2D eigenvalue weighted by atomic mass is 9.88. The number of pyridine rings is 1. The van der Waals surface area contributed by atoms with Gasteiger partial charge >= 0.3 is 0 Å². The maximum absolute atomic E-state index is 12.9. The van der Waals surface area contributed by atoms with Crippen LogP contribution in [0.3, 0.4) is 0 Å². The summed E-state index contributed by atoms with van der Waals surface area (Å²) in [7, 11) is 0. The van der Waals surface area contributed by atoms with Crippen LogP contribution < -0.4 is 0 Å². The number of halogens is 1. The first-order valence-electron chi connectivity index (χ1n) is 5.73. The molecular formula is C12H13FN2O2. The van der Waals surface area contributed by atoms with Gasteiger partial charge in [-0.15, -0.1) is 0 Å². The maximum atomic E-state index is 12.9. The Labute approximate surface area is 98.1 Å². The largest absolute Gasteiger partial charge is 0.386 e. The number of hydrogen-bond donors (Lipinski definition) is 1. The van der Waals surface area contributed by atoms with E-state index < -0.39 is 11.5 Å². The van der Waals surface area contributed by atoms with E-state index in [0.717, 1.165) is 12.8 Å². The Morgan fingerprint density at radius 2 is 2.18 bits per heavy atom. The van der Waals surface area contributed by atoms with Crippen molar-refractivity contribution in [1.29, 1.82) is 0 Å². The third-order valence-electron chi connectivity index (χ3n) is 3.49. The van der Waals surface area contributed by atoms with E-state index in [1.165, 1.54) is 23.1 Å². The number of carbonyl (C=O) groups excluding carboxylic acids is 1. The molecule has 1 aromatic heterocycles. The van der Waals surface area contributed by atoms with Gasteiger partial charge in [0.15, 0.2) is 0 Å². The van der Waals surface area contributed by atoms with Gasteiger partial charge in [-0.2, -0.15) is 4.39 Å². The number of nitrogens with zero attached hydrogens (tertiary/aromatic N) is 2. The zero-order chi connectivity index (χ0) is 12.0. The Morgan fingerprint density at radius 1 is 1.47 bits per heavy atom. The van der Waals surface area contributed by atoms with Crippen LogP contribution in [0.5, 0.6) is 0 Å². The van der Waals surface area contributed by atoms with Crippen molar-refractivity contribution >= 4 is 5.91 Å². The fraction of sp³-hybridized carbons (Fsp3) is 0.500. The maximum Gasteiger partial charge on any atom is 0.272 e. The molecule has 3 rings (SSSR count). The molecule has 1 aliphatic heterocycles. The number of likely N-dealkylation sites (tertiary alicyclic amines) is 1. The molecule has 0 radical (unpaired) electrons. The van der Waals surface area contributed by atoms with Crippen LogP contribution in [0, 0.1) is 11.9 Å². The zero-order valence-electron chi connectivity index (χ0n) is 9.27. The molecular weight excluding hydrogens is 223 g/mol. The van der Waals surface area contributed by atoms with Crippen molar-refractivity contribution in [2.75, 3.05) is 13.1 Å². The molecule has 90 valence electrons. The molecule has 1 saturated carbocycles. The first-order valence-corrected chi connectivity index (χ1v) is 5.73. The summed E-state index contributed by atoms with van der Waals surface area (Å²) in [5.74, 6) is -0.629. The predicted molar refractivity (Wildman–Crippen MR) is 57.8 cm³/mol. The quantitative estimate of drug-likeness (QED) is 0.773. The Morgan fingerprint density at radius 3 is 2.76 bits per heavy atom. The molecule has 17 heavy (non-hydrogen) atoms. The minimum absolute atomic E-state index is 0.0999. The molecule has 2 aliphatic rings. The second kappa shape index (κ2) is 3.50. The highest BCUT2D eigenvalue weighted by Gasteiger charge is 2.53. The van der Waals surface area contributed by atoms with Gasteiger partial charge in [0, 0.05) is 0 Å². The van der Waals surface area contributed by atoms with Crippen LogP contribution in [0.15, 0.2) is 18.2 Å². The highest BCUT2D eigenvalue weighted by atomic mass is 19.1. The molecule has 0 spiro atoms. The van der Waals surface area contributed by atoms with Crippen LogP contribution in [0.25, 0.3) is 0 Å². The first kappa shape index (κ1) is 10.7. The molecule has 2 heterocycles. The summed E-state index contributed by atoms with van der Waals surface area (Å²) in [5.41, 5.74) is -0.606. The van der Waals surface area contributed by atoms with Crippen LogP contribution in [-0.4, -0.2) is 39.6 Å². The molecule has 4 nitrogen and oxygen atoms in total. The summed E-state index contributed by atoms with van der Waals surface area (Å²) in [6, 6.07) is 4.15. The fourth-order valence-corrected chi connectivity index (χ4v) is 2.33. The minimum atomic E-state index is -0.705. The summed E-state index contributed by atoms with van der Waals surface area (Å²) in [5, 5.41) is 10.1. The van der Waals surface area contributed by atoms with Crippen molar-refractivity contribution < 1.29 is 14.3 Å². The average Bonchev–Trinajstić information content (AvgIpc) is 3.08. The summed E-state index contributed by atoms with van der Waals surface area (Å²) in [6.07, 6.45) is 2.08. The zero-order valence-corrected chi connectivity index (χ0v) is 9.27. The molecule has 0 atom stereocenters. The summed E-state index contributed by atoms with van der Waals surface area (Å²) >= 11 is 0. The number of β-amino-alcohol motifs (C(OH)–C–C–N with tert-alkyl or cyclic N) is 1. The number of carbonyl (C=O) groups is 1. The van der Waals surface area contributed by atoms with Crippen molar-refractivity contribution in [2.24, 2.45) is 5.92 Å². The molecule has 1 aliphatic carbocycles. The highest BCUT2D eigenvalue weighted by Crippen LogP contribution is 2.44. The van der Waals surface area contributed by atoms with E-state index in [1.807, 2.05) is 0 Å². The minimum Gasteiger partial charge on any atom is -0.386 e. The molecule has 0 unspecified atom stereocenters. The Hall–Kier alpha value is -1.49. The van der Waals surface area contributed by atoms with Crippen LogP contribution in [-0.2, 0) is 0 Å². The Kier molecular flexibility index (Phi) is 2.19.